The predicted octanol–water partition coefficient (Wildman–Crippen LogP) is 0.667. The molecule has 4 atom stereocenters. The van der Waals surface area contributed by atoms with Crippen molar-refractivity contribution in [1.82, 2.24) is 10.2 Å². The van der Waals surface area contributed by atoms with Crippen LogP contribution in [-0.4, -0.2) is 90.5 Å². The van der Waals surface area contributed by atoms with Gasteiger partial charge in [0.1, 0.15) is 22.8 Å². The minimum atomic E-state index is -2.67. The van der Waals surface area contributed by atoms with E-state index in [1.807, 2.05) is 30.4 Å². The number of rotatable bonds is 4. The van der Waals surface area contributed by atoms with Crippen LogP contribution in [0, 0.1) is 11.8 Å². The number of ketones is 2. The van der Waals surface area contributed by atoms with Crippen molar-refractivity contribution < 1.29 is 39.2 Å². The molecule has 0 aliphatic heterocycles. The van der Waals surface area contributed by atoms with Crippen LogP contribution in [0.4, 0.5) is 5.69 Å². The number of carbonyl (C=O) groups excluding carboxylic acids is 4. The standard InChI is InChI=1S/C26H31N3O8/c1-11(30)27-25(35)19-22(32)20(29(4)5)14-10-12-9-13-15(28(2)3)7-8-16(37-6)18(13)21(31)17(12)23(33)26(14,36)24(19)34/h7-8,12,14,20,32-33,36H,9-10H2,1-6H3,(H,27,30,35)/t12-,14-,20-,26-/m0/s1. The number of amides is 2. The van der Waals surface area contributed by atoms with E-state index in [9.17, 15) is 34.5 Å². The first-order chi connectivity index (χ1) is 17.3. The second-order valence-corrected chi connectivity index (χ2v) is 10.1. The molecule has 1 aromatic carbocycles. The van der Waals surface area contributed by atoms with Crippen molar-refractivity contribution in [3.05, 3.63) is 45.9 Å². The maximum absolute atomic E-state index is 13.8. The Kier molecular flexibility index (Phi) is 6.41. The van der Waals surface area contributed by atoms with E-state index in [1.54, 1.807) is 20.2 Å². The number of aliphatic hydroxyl groups is 3. The van der Waals surface area contributed by atoms with Gasteiger partial charge in [-0.1, -0.05) is 0 Å². The number of benzene rings is 1. The normalized spacial score (nSPS) is 27.0. The molecule has 0 bridgehead atoms. The summed E-state index contributed by atoms with van der Waals surface area (Å²) in [5, 5.41) is 36.2. The number of imide groups is 1. The number of nitrogens with zero attached hydrogens (tertiary/aromatic N) is 2. The van der Waals surface area contributed by atoms with Gasteiger partial charge in [0.25, 0.3) is 5.91 Å². The molecular weight excluding hydrogens is 482 g/mol. The molecule has 3 aliphatic rings. The number of carbonyl (C=O) groups is 4. The Morgan fingerprint density at radius 2 is 1.78 bits per heavy atom. The van der Waals surface area contributed by atoms with E-state index in [2.05, 4.69) is 0 Å². The number of hydrogen-bond donors (Lipinski definition) is 4. The summed E-state index contributed by atoms with van der Waals surface area (Å²) < 4.78 is 5.43. The molecule has 0 saturated heterocycles. The highest BCUT2D eigenvalue weighted by Crippen LogP contribution is 2.53. The zero-order valence-corrected chi connectivity index (χ0v) is 21.6. The van der Waals surface area contributed by atoms with Crippen LogP contribution in [0.15, 0.2) is 34.8 Å². The van der Waals surface area contributed by atoms with E-state index < -0.39 is 64.0 Å². The zero-order valence-electron chi connectivity index (χ0n) is 21.6. The quantitative estimate of drug-likeness (QED) is 0.422. The van der Waals surface area contributed by atoms with Gasteiger partial charge in [-0.3, -0.25) is 29.4 Å². The van der Waals surface area contributed by atoms with Crippen LogP contribution in [-0.2, 0) is 20.8 Å². The Bertz CT molecular complexity index is 1290. The molecule has 0 saturated carbocycles. The number of likely N-dealkylation sites (N-methyl/N-ethyl adjacent to an activating group) is 1. The van der Waals surface area contributed by atoms with Crippen molar-refractivity contribution in [2.75, 3.05) is 40.2 Å². The van der Waals surface area contributed by atoms with Crippen LogP contribution in [0.2, 0.25) is 0 Å². The van der Waals surface area contributed by atoms with Gasteiger partial charge in [-0.2, -0.15) is 0 Å². The molecule has 3 aliphatic carbocycles. The molecule has 4 rings (SSSR count). The third kappa shape index (κ3) is 3.72. The number of ether oxygens (including phenoxy) is 1. The Morgan fingerprint density at radius 3 is 2.32 bits per heavy atom. The smallest absolute Gasteiger partial charge is 0.265 e. The highest BCUT2D eigenvalue weighted by atomic mass is 16.5. The fraction of sp³-hybridized carbons (Fsp3) is 0.462. The fourth-order valence-electron chi connectivity index (χ4n) is 6.01. The van der Waals surface area contributed by atoms with Gasteiger partial charge in [-0.15, -0.1) is 0 Å². The molecule has 0 unspecified atom stereocenters. The van der Waals surface area contributed by atoms with E-state index in [0.29, 0.717) is 17.7 Å². The van der Waals surface area contributed by atoms with Crippen molar-refractivity contribution in [1.29, 1.82) is 0 Å². The van der Waals surface area contributed by atoms with E-state index >= 15 is 0 Å². The first-order valence-electron chi connectivity index (χ1n) is 11.8. The fourth-order valence-corrected chi connectivity index (χ4v) is 6.01. The molecule has 198 valence electrons. The summed E-state index contributed by atoms with van der Waals surface area (Å²) in [6.07, 6.45) is 0.375. The molecular formula is C26H31N3O8. The van der Waals surface area contributed by atoms with Gasteiger partial charge in [0.15, 0.2) is 11.4 Å². The number of aliphatic hydroxyl groups excluding tert-OH is 2. The van der Waals surface area contributed by atoms with Crippen molar-refractivity contribution >= 4 is 29.1 Å². The zero-order chi connectivity index (χ0) is 27.6. The van der Waals surface area contributed by atoms with Gasteiger partial charge in [-0.05, 0) is 50.6 Å². The summed E-state index contributed by atoms with van der Waals surface area (Å²) in [5.41, 5.74) is -1.90. The van der Waals surface area contributed by atoms with Crippen LogP contribution in [0.25, 0.3) is 0 Å². The Balaban J connectivity index is 1.95. The minimum absolute atomic E-state index is 0.0609. The molecule has 37 heavy (non-hydrogen) atoms. The molecule has 0 spiro atoms. The molecule has 0 aromatic heterocycles. The lowest BCUT2D eigenvalue weighted by molar-refractivity contribution is -0.148. The lowest BCUT2D eigenvalue weighted by atomic mass is 9.58. The molecule has 0 fully saturated rings. The summed E-state index contributed by atoms with van der Waals surface area (Å²) in [5.74, 6) is -6.67. The average molecular weight is 514 g/mol. The van der Waals surface area contributed by atoms with Gasteiger partial charge in [0, 0.05) is 38.2 Å². The molecule has 2 amide bonds. The summed E-state index contributed by atoms with van der Waals surface area (Å²) >= 11 is 0. The summed E-state index contributed by atoms with van der Waals surface area (Å²) in [4.78, 5) is 55.0. The van der Waals surface area contributed by atoms with Crippen molar-refractivity contribution in [2.24, 2.45) is 11.8 Å². The van der Waals surface area contributed by atoms with E-state index in [1.165, 1.54) is 12.0 Å². The number of Topliss-reactive ketones (excluding diaryl/α,β-unsaturated/α-hetero) is 2. The van der Waals surface area contributed by atoms with Crippen molar-refractivity contribution in [2.45, 2.75) is 31.4 Å². The Morgan fingerprint density at radius 1 is 1.14 bits per heavy atom. The largest absolute Gasteiger partial charge is 0.510 e. The third-order valence-electron chi connectivity index (χ3n) is 7.54. The van der Waals surface area contributed by atoms with E-state index in [0.717, 1.165) is 12.6 Å². The maximum atomic E-state index is 13.8. The monoisotopic (exact) mass is 513 g/mol. The van der Waals surface area contributed by atoms with E-state index in [-0.39, 0.29) is 17.6 Å². The number of anilines is 1. The number of fused-ring (bicyclic) bond motifs is 3. The third-order valence-corrected chi connectivity index (χ3v) is 7.54. The van der Waals surface area contributed by atoms with Gasteiger partial charge in [0.05, 0.1) is 18.7 Å². The van der Waals surface area contributed by atoms with Crippen LogP contribution in [0.5, 0.6) is 5.75 Å². The SMILES string of the molecule is COc1ccc(N(C)C)c2c1C(=O)C1=C(O)[C@]3(O)C(=O)C(C(=O)NC(C)=O)=C(O)[C@@H](N(C)C)[C@@H]3C[C@@H]1C2. The van der Waals surface area contributed by atoms with Gasteiger partial charge < -0.3 is 25.0 Å². The van der Waals surface area contributed by atoms with Gasteiger partial charge in [0.2, 0.25) is 11.7 Å². The summed E-state index contributed by atoms with van der Waals surface area (Å²) in [7, 11) is 8.28. The number of hydrogen-bond acceptors (Lipinski definition) is 10. The second-order valence-electron chi connectivity index (χ2n) is 10.1. The maximum Gasteiger partial charge on any atom is 0.265 e. The molecule has 4 N–H and O–H groups in total. The van der Waals surface area contributed by atoms with Gasteiger partial charge in [-0.25, -0.2) is 0 Å². The first kappa shape index (κ1) is 26.4. The Hall–Kier alpha value is -3.70. The van der Waals surface area contributed by atoms with Crippen LogP contribution in [0.3, 0.4) is 0 Å². The Labute approximate surface area is 214 Å². The highest BCUT2D eigenvalue weighted by molar-refractivity contribution is 6.27. The van der Waals surface area contributed by atoms with Crippen molar-refractivity contribution in [3.8, 4) is 5.75 Å². The van der Waals surface area contributed by atoms with Crippen LogP contribution < -0.4 is 15.0 Å². The molecule has 11 nitrogen and oxygen atoms in total. The average Bonchev–Trinajstić information content (AvgIpc) is 2.80. The van der Waals surface area contributed by atoms with Crippen molar-refractivity contribution in [3.63, 3.8) is 0 Å². The minimum Gasteiger partial charge on any atom is -0.510 e. The topological polar surface area (TPSA) is 157 Å². The first-order valence-corrected chi connectivity index (χ1v) is 11.8. The second kappa shape index (κ2) is 9.00. The number of nitrogens with one attached hydrogen (secondary N) is 1. The highest BCUT2D eigenvalue weighted by Gasteiger charge is 2.63. The summed E-state index contributed by atoms with van der Waals surface area (Å²) in [6, 6.07) is 2.41. The number of methoxy groups -OCH3 is 1. The molecule has 11 heteroatoms. The number of allylic oxidation sites excluding steroid dienone is 1. The van der Waals surface area contributed by atoms with Crippen LogP contribution >= 0.6 is 0 Å². The van der Waals surface area contributed by atoms with Gasteiger partial charge >= 0.3 is 0 Å². The lowest BCUT2D eigenvalue weighted by Gasteiger charge is -2.50. The molecule has 1 aromatic rings. The lowest BCUT2D eigenvalue weighted by Crippen LogP contribution is -2.64. The molecule has 0 heterocycles. The molecule has 0 radical (unpaired) electrons. The summed E-state index contributed by atoms with van der Waals surface area (Å²) in [6.45, 7) is 1.06. The van der Waals surface area contributed by atoms with Crippen LogP contribution in [0.1, 0.15) is 29.3 Å². The van der Waals surface area contributed by atoms with E-state index in [4.69, 9.17) is 4.74 Å². The predicted molar refractivity (Wildman–Crippen MR) is 133 cm³/mol.